The average Bonchev–Trinajstić information content (AvgIpc) is 3.13. The van der Waals surface area contributed by atoms with E-state index in [2.05, 4.69) is 185 Å². The van der Waals surface area contributed by atoms with Crippen molar-refractivity contribution >= 4 is 17.4 Å². The molecule has 2 nitrogen and oxygen atoms in total. The summed E-state index contributed by atoms with van der Waals surface area (Å²) < 4.78 is 5.81. The van der Waals surface area contributed by atoms with Gasteiger partial charge in [-0.05, 0) is 192 Å². The summed E-state index contributed by atoms with van der Waals surface area (Å²) in [6.07, 6.45) is 1.04. The maximum absolute atomic E-state index is 5.81. The number of nitrogens with one attached hydrogen (secondary N) is 1. The first-order valence-corrected chi connectivity index (χ1v) is 19.5. The topological polar surface area (TPSA) is 21.3 Å². The zero-order valence-corrected chi connectivity index (χ0v) is 34.9. The zero-order valence-electron chi connectivity index (χ0n) is 34.1. The summed E-state index contributed by atoms with van der Waals surface area (Å²) in [6, 6.07) is 38.6. The number of hydrogen-bond donors (Lipinski definition) is 1. The summed E-state index contributed by atoms with van der Waals surface area (Å²) in [6.45, 7) is 26.4. The molecule has 1 N–H and O–H groups in total. The molecule has 53 heavy (non-hydrogen) atoms. The SMILES string of the molecule is Cc1cccc(Cc2cccc(C)c2C)c1C.Cc1cccc(NCOc2cccc(C)c2C)c1C.Cc1cccc(Sc2cccc(C)c2C)c1C. The second kappa shape index (κ2) is 19.4. The minimum Gasteiger partial charge on any atom is -0.473 e. The smallest absolute Gasteiger partial charge is 0.159 e. The van der Waals surface area contributed by atoms with Gasteiger partial charge in [-0.3, -0.25) is 0 Å². The third-order valence-corrected chi connectivity index (χ3v) is 12.1. The monoisotopic (exact) mass is 721 g/mol. The predicted molar refractivity (Wildman–Crippen MR) is 232 cm³/mol. The van der Waals surface area contributed by atoms with Gasteiger partial charge in [0, 0.05) is 15.5 Å². The molecule has 276 valence electrons. The third-order valence-electron chi connectivity index (χ3n) is 10.8. The molecule has 0 spiro atoms. The number of benzene rings is 6. The van der Waals surface area contributed by atoms with Crippen molar-refractivity contribution in [1.29, 1.82) is 0 Å². The van der Waals surface area contributed by atoms with Gasteiger partial charge in [0.2, 0.25) is 0 Å². The molecule has 0 saturated carbocycles. The van der Waals surface area contributed by atoms with Crippen LogP contribution in [-0.2, 0) is 6.42 Å². The molecule has 0 amide bonds. The van der Waals surface area contributed by atoms with E-state index in [-0.39, 0.29) is 0 Å². The van der Waals surface area contributed by atoms with E-state index in [0.717, 1.165) is 17.9 Å². The van der Waals surface area contributed by atoms with E-state index in [4.69, 9.17) is 4.74 Å². The summed E-state index contributed by atoms with van der Waals surface area (Å²) >= 11 is 1.87. The van der Waals surface area contributed by atoms with E-state index in [1.165, 1.54) is 87.7 Å². The highest BCUT2D eigenvalue weighted by Crippen LogP contribution is 2.34. The van der Waals surface area contributed by atoms with Crippen LogP contribution >= 0.6 is 11.8 Å². The van der Waals surface area contributed by atoms with Gasteiger partial charge < -0.3 is 10.1 Å². The van der Waals surface area contributed by atoms with Crippen molar-refractivity contribution in [2.24, 2.45) is 0 Å². The number of rotatable bonds is 8. The van der Waals surface area contributed by atoms with Crippen LogP contribution in [0.2, 0.25) is 0 Å². The third kappa shape index (κ3) is 11.1. The summed E-state index contributed by atoms with van der Waals surface area (Å²) in [5, 5.41) is 3.33. The Labute approximate surface area is 325 Å². The van der Waals surface area contributed by atoms with Crippen LogP contribution in [0.5, 0.6) is 5.75 Å². The predicted octanol–water partition coefficient (Wildman–Crippen LogP) is 14.0. The van der Waals surface area contributed by atoms with Gasteiger partial charge >= 0.3 is 0 Å². The Balaban J connectivity index is 0.000000178. The maximum Gasteiger partial charge on any atom is 0.159 e. The Morgan fingerprint density at radius 3 is 1.26 bits per heavy atom. The molecule has 0 atom stereocenters. The van der Waals surface area contributed by atoms with E-state index in [1.54, 1.807) is 0 Å². The lowest BCUT2D eigenvalue weighted by atomic mass is 9.93. The van der Waals surface area contributed by atoms with Crippen LogP contribution in [-0.4, -0.2) is 6.73 Å². The lowest BCUT2D eigenvalue weighted by Crippen LogP contribution is -2.10. The summed E-state index contributed by atoms with van der Waals surface area (Å²) in [4.78, 5) is 2.72. The van der Waals surface area contributed by atoms with Crippen LogP contribution in [0.1, 0.15) is 77.9 Å². The molecule has 0 unspecified atom stereocenters. The van der Waals surface area contributed by atoms with Gasteiger partial charge in [0.15, 0.2) is 6.73 Å². The molecule has 6 aromatic rings. The summed E-state index contributed by atoms with van der Waals surface area (Å²) in [5.41, 5.74) is 20.1. The lowest BCUT2D eigenvalue weighted by molar-refractivity contribution is 0.344. The largest absolute Gasteiger partial charge is 0.473 e. The summed E-state index contributed by atoms with van der Waals surface area (Å²) in [5.74, 6) is 0.942. The second-order valence-electron chi connectivity index (χ2n) is 14.3. The van der Waals surface area contributed by atoms with Gasteiger partial charge in [0.25, 0.3) is 0 Å². The first-order valence-electron chi connectivity index (χ1n) is 18.7. The molecule has 0 aliphatic carbocycles. The molecular weight excluding hydrogens is 663 g/mol. The van der Waals surface area contributed by atoms with Crippen molar-refractivity contribution in [3.63, 3.8) is 0 Å². The highest BCUT2D eigenvalue weighted by atomic mass is 32.2. The Morgan fingerprint density at radius 2 is 0.774 bits per heavy atom. The Kier molecular flexibility index (Phi) is 15.0. The molecule has 0 radical (unpaired) electrons. The van der Waals surface area contributed by atoms with Gasteiger partial charge in [-0.25, -0.2) is 0 Å². The van der Waals surface area contributed by atoms with E-state index < -0.39 is 0 Å². The zero-order chi connectivity index (χ0) is 38.7. The van der Waals surface area contributed by atoms with Crippen LogP contribution in [0.3, 0.4) is 0 Å². The standard InChI is InChI=1S/C17H21NO.C17H20.C16H18S/c1-12-7-5-9-16(14(12)3)18-11-19-17-10-6-8-13(2)15(17)4;1-12-7-5-9-16(14(12)3)11-17-10-6-8-13(2)15(17)4;1-11-7-5-9-15(13(11)3)17-16-10-6-8-12(2)14(16)4/h5-10,18H,11H2,1-4H3;5-10H,11H2,1-4H3;5-10H,1-4H3. The lowest BCUT2D eigenvalue weighted by Gasteiger charge is -2.14. The van der Waals surface area contributed by atoms with Gasteiger partial charge in [-0.15, -0.1) is 0 Å². The Bertz CT molecular complexity index is 1890. The molecular formula is C50H59NOS. The van der Waals surface area contributed by atoms with Crippen LogP contribution in [0.15, 0.2) is 119 Å². The van der Waals surface area contributed by atoms with E-state index in [9.17, 15) is 0 Å². The molecule has 6 aromatic carbocycles. The molecule has 0 aliphatic rings. The van der Waals surface area contributed by atoms with Crippen molar-refractivity contribution in [3.05, 3.63) is 187 Å². The molecule has 0 aliphatic heterocycles. The van der Waals surface area contributed by atoms with Crippen molar-refractivity contribution in [3.8, 4) is 5.75 Å². The first kappa shape index (κ1) is 41.0. The van der Waals surface area contributed by atoms with Crippen molar-refractivity contribution in [1.82, 2.24) is 0 Å². The van der Waals surface area contributed by atoms with Crippen molar-refractivity contribution in [2.45, 2.75) is 99.3 Å². The second-order valence-corrected chi connectivity index (χ2v) is 15.4. The Morgan fingerprint density at radius 1 is 0.396 bits per heavy atom. The molecule has 0 bridgehead atoms. The van der Waals surface area contributed by atoms with Gasteiger partial charge in [-0.2, -0.15) is 0 Å². The molecule has 6 rings (SSSR count). The molecule has 0 saturated heterocycles. The molecule has 0 heterocycles. The minimum atomic E-state index is 0.481. The average molecular weight is 722 g/mol. The Hall–Kier alpha value is -4.73. The van der Waals surface area contributed by atoms with Crippen molar-refractivity contribution in [2.75, 3.05) is 12.0 Å². The van der Waals surface area contributed by atoms with Gasteiger partial charge in [-0.1, -0.05) is 96.7 Å². The van der Waals surface area contributed by atoms with E-state index in [0.29, 0.717) is 6.73 Å². The molecule has 0 aromatic heterocycles. The normalized spacial score (nSPS) is 10.5. The number of anilines is 1. The number of ether oxygens (including phenoxy) is 1. The van der Waals surface area contributed by atoms with Crippen LogP contribution in [0, 0.1) is 83.1 Å². The fourth-order valence-corrected chi connectivity index (χ4v) is 7.17. The highest BCUT2D eigenvalue weighted by molar-refractivity contribution is 7.99. The number of aryl methyl sites for hydroxylation is 6. The van der Waals surface area contributed by atoms with Gasteiger partial charge in [0.05, 0.1) is 0 Å². The fourth-order valence-electron chi connectivity index (χ4n) is 6.01. The van der Waals surface area contributed by atoms with Gasteiger partial charge in [0.1, 0.15) is 5.75 Å². The van der Waals surface area contributed by atoms with E-state index >= 15 is 0 Å². The first-order chi connectivity index (χ1) is 25.3. The summed E-state index contributed by atoms with van der Waals surface area (Å²) in [7, 11) is 0. The van der Waals surface area contributed by atoms with Crippen LogP contribution in [0.25, 0.3) is 0 Å². The van der Waals surface area contributed by atoms with E-state index in [1.807, 2.05) is 23.9 Å². The molecule has 3 heteroatoms. The van der Waals surface area contributed by atoms with Crippen LogP contribution in [0.4, 0.5) is 5.69 Å². The quantitative estimate of drug-likeness (QED) is 0.158. The molecule has 0 fully saturated rings. The minimum absolute atomic E-state index is 0.481. The fraction of sp³-hybridized carbons (Fsp3) is 0.280. The van der Waals surface area contributed by atoms with Crippen LogP contribution < -0.4 is 10.1 Å². The number of hydrogen-bond acceptors (Lipinski definition) is 3. The maximum atomic E-state index is 5.81. The van der Waals surface area contributed by atoms with Crippen molar-refractivity contribution < 1.29 is 4.74 Å². The highest BCUT2D eigenvalue weighted by Gasteiger charge is 2.08.